The maximum absolute atomic E-state index is 12.4. The number of hydroxylamine groups is 2. The minimum Gasteiger partial charge on any atom is -0.492 e. The fraction of sp³-hybridized carbons (Fsp3) is 0.250. The molecule has 1 unspecified atom stereocenters. The highest BCUT2D eigenvalue weighted by atomic mass is 16.7. The zero-order valence-electron chi connectivity index (χ0n) is 20.7. The summed E-state index contributed by atoms with van der Waals surface area (Å²) >= 11 is 0. The predicted octanol–water partition coefficient (Wildman–Crippen LogP) is 0.619. The highest BCUT2D eigenvalue weighted by Crippen LogP contribution is 2.19. The summed E-state index contributed by atoms with van der Waals surface area (Å²) in [6.07, 6.45) is 1.56. The van der Waals surface area contributed by atoms with E-state index in [9.17, 15) is 34.2 Å². The molecule has 1 saturated heterocycles. The van der Waals surface area contributed by atoms with Crippen LogP contribution in [0, 0.1) is 5.92 Å². The Kier molecular flexibility index (Phi) is 8.17. The second-order valence-electron chi connectivity index (χ2n) is 8.48. The first-order valence-electron chi connectivity index (χ1n) is 11.8. The lowest BCUT2D eigenvalue weighted by Crippen LogP contribution is -2.32. The number of nitrogens with zero attached hydrogens (tertiary/aromatic N) is 6. The van der Waals surface area contributed by atoms with Gasteiger partial charge in [0.15, 0.2) is 11.2 Å². The Hall–Kier alpha value is -5.54. The number of hydrogen-bond donors (Lipinski definition) is 4. The molecule has 1 atom stereocenters. The number of fused-ring (bicyclic) bond motifs is 1. The van der Waals surface area contributed by atoms with Crippen molar-refractivity contribution in [2.75, 3.05) is 11.1 Å². The number of carbonyl (C=O) groups is 5. The number of carboxylic acids is 1. The van der Waals surface area contributed by atoms with Crippen LogP contribution in [-0.2, 0) is 30.6 Å². The van der Waals surface area contributed by atoms with Crippen molar-refractivity contribution in [3.05, 3.63) is 41.7 Å². The second-order valence-corrected chi connectivity index (χ2v) is 8.48. The Labute approximate surface area is 224 Å². The number of hydrogen-bond acceptors (Lipinski definition) is 13. The molecule has 0 aliphatic carbocycles. The summed E-state index contributed by atoms with van der Waals surface area (Å²) < 4.78 is 0. The van der Waals surface area contributed by atoms with E-state index in [4.69, 9.17) is 10.6 Å². The molecule has 0 saturated carbocycles. The van der Waals surface area contributed by atoms with Crippen LogP contribution >= 0.6 is 0 Å². The predicted molar refractivity (Wildman–Crippen MR) is 135 cm³/mol. The molecule has 3 aromatic rings. The fourth-order valence-corrected chi connectivity index (χ4v) is 3.53. The van der Waals surface area contributed by atoms with Crippen molar-refractivity contribution in [1.82, 2.24) is 25.0 Å². The van der Waals surface area contributed by atoms with Crippen molar-refractivity contribution in [1.29, 1.82) is 0 Å². The van der Waals surface area contributed by atoms with Gasteiger partial charge in [-0.15, -0.1) is 5.06 Å². The van der Waals surface area contributed by atoms with Gasteiger partial charge in [0.25, 0.3) is 17.7 Å². The largest absolute Gasteiger partial charge is 0.492 e. The lowest BCUT2D eigenvalue weighted by atomic mass is 10.1. The third-order valence-electron chi connectivity index (χ3n) is 5.61. The van der Waals surface area contributed by atoms with Crippen LogP contribution < -0.4 is 11.1 Å². The summed E-state index contributed by atoms with van der Waals surface area (Å²) in [6.45, 7) is 0.223. The fourth-order valence-electron chi connectivity index (χ4n) is 3.53. The van der Waals surface area contributed by atoms with Gasteiger partial charge >= 0.3 is 11.9 Å². The maximum Gasteiger partial charge on any atom is 0.333 e. The number of imide groups is 1. The first-order valence-corrected chi connectivity index (χ1v) is 11.8. The van der Waals surface area contributed by atoms with Gasteiger partial charge in [-0.2, -0.15) is 9.97 Å². The van der Waals surface area contributed by atoms with E-state index in [0.29, 0.717) is 16.4 Å². The molecule has 0 radical (unpaired) electrons. The molecule has 40 heavy (non-hydrogen) atoms. The topological polar surface area (TPSA) is 240 Å². The summed E-state index contributed by atoms with van der Waals surface area (Å²) in [6, 6.07) is 6.16. The normalized spacial score (nSPS) is 14.1. The van der Waals surface area contributed by atoms with Crippen molar-refractivity contribution in [2.24, 2.45) is 10.9 Å². The number of nitrogens with two attached hydrogens (primary N) is 1. The first-order chi connectivity index (χ1) is 19.1. The lowest BCUT2D eigenvalue weighted by Gasteiger charge is -2.13. The first kappa shape index (κ1) is 27.5. The third-order valence-corrected chi connectivity index (χ3v) is 5.61. The SMILES string of the molecule is Nc1nc(O)c2nc(CNc3ccc(C(=O)/N=C/C(CCC(=O)ON4C(=O)CCC4=O)C(=O)O)cc3)cnc2n1. The Bertz CT molecular complexity index is 1510. The number of benzene rings is 1. The van der Waals surface area contributed by atoms with Crippen molar-refractivity contribution >= 4 is 58.7 Å². The third kappa shape index (κ3) is 6.66. The van der Waals surface area contributed by atoms with Gasteiger partial charge < -0.3 is 26.1 Å². The Morgan fingerprint density at radius 2 is 1.82 bits per heavy atom. The summed E-state index contributed by atoms with van der Waals surface area (Å²) in [5, 5.41) is 22.8. The van der Waals surface area contributed by atoms with Gasteiger partial charge in [-0.3, -0.25) is 19.2 Å². The quantitative estimate of drug-likeness (QED) is 0.200. The van der Waals surface area contributed by atoms with E-state index < -0.39 is 42.0 Å². The summed E-state index contributed by atoms with van der Waals surface area (Å²) in [7, 11) is 0. The number of aliphatic carboxylic acids is 1. The van der Waals surface area contributed by atoms with Crippen LogP contribution in [0.1, 0.15) is 41.7 Å². The van der Waals surface area contributed by atoms with Gasteiger partial charge in [0, 0.05) is 36.7 Å². The minimum atomic E-state index is -1.32. The Balaban J connectivity index is 1.30. The van der Waals surface area contributed by atoms with Crippen LogP contribution in [0.25, 0.3) is 11.2 Å². The molecular formula is C24H22N8O8. The molecule has 206 valence electrons. The molecular weight excluding hydrogens is 528 g/mol. The number of aliphatic imine (C=N–C) groups is 1. The zero-order valence-corrected chi connectivity index (χ0v) is 20.7. The summed E-state index contributed by atoms with van der Waals surface area (Å²) in [5.74, 6) is -6.08. The average molecular weight is 550 g/mol. The number of carboxylic acid groups (broad SMARTS) is 1. The Morgan fingerprint density at radius 1 is 1.12 bits per heavy atom. The minimum absolute atomic E-state index is 0.0632. The average Bonchev–Trinajstić information content (AvgIpc) is 3.24. The smallest absolute Gasteiger partial charge is 0.333 e. The van der Waals surface area contributed by atoms with E-state index in [2.05, 4.69) is 30.2 Å². The number of rotatable bonds is 10. The van der Waals surface area contributed by atoms with Crippen LogP contribution in [0.5, 0.6) is 5.88 Å². The number of aromatic hydroxyl groups is 1. The number of carbonyl (C=O) groups excluding carboxylic acids is 4. The van der Waals surface area contributed by atoms with Gasteiger partial charge in [-0.25, -0.2) is 19.8 Å². The standard InChI is InChI=1S/C24H22N8O8/c25-24-30-20-19(22(37)31-24)29-15(11-27-20)10-26-14-4-1-12(2-5-14)21(36)28-9-13(23(38)39)3-8-18(35)40-32-16(33)6-7-17(32)34/h1-2,4-5,9,11,13,26H,3,6-8,10H2,(H,38,39)(H3,25,27,30,31,37)/b28-9+. The molecule has 4 rings (SSSR count). The molecule has 1 fully saturated rings. The number of nitrogens with one attached hydrogen (secondary N) is 1. The van der Waals surface area contributed by atoms with Gasteiger partial charge in [0.05, 0.1) is 24.4 Å². The monoisotopic (exact) mass is 550 g/mol. The van der Waals surface area contributed by atoms with Crippen LogP contribution in [-0.4, -0.2) is 71.1 Å². The van der Waals surface area contributed by atoms with Gasteiger partial charge in [-0.1, -0.05) is 0 Å². The van der Waals surface area contributed by atoms with Gasteiger partial charge in [0.1, 0.15) is 0 Å². The van der Waals surface area contributed by atoms with Crippen molar-refractivity contribution in [3.8, 4) is 5.88 Å². The molecule has 5 N–H and O–H groups in total. The van der Waals surface area contributed by atoms with E-state index in [1.807, 2.05) is 0 Å². The van der Waals surface area contributed by atoms with Crippen LogP contribution in [0.15, 0.2) is 35.5 Å². The number of nitrogen functional groups attached to an aromatic ring is 1. The molecule has 2 aromatic heterocycles. The van der Waals surface area contributed by atoms with Crippen LogP contribution in [0.2, 0.25) is 0 Å². The molecule has 0 bridgehead atoms. The van der Waals surface area contributed by atoms with E-state index in [1.165, 1.54) is 18.3 Å². The van der Waals surface area contributed by atoms with E-state index in [-0.39, 0.29) is 54.4 Å². The van der Waals surface area contributed by atoms with Crippen molar-refractivity contribution < 1.29 is 39.0 Å². The molecule has 1 aliphatic heterocycles. The van der Waals surface area contributed by atoms with E-state index >= 15 is 0 Å². The molecule has 0 spiro atoms. The zero-order chi connectivity index (χ0) is 28.8. The number of anilines is 2. The van der Waals surface area contributed by atoms with Crippen molar-refractivity contribution in [2.45, 2.75) is 32.2 Å². The number of aromatic nitrogens is 4. The van der Waals surface area contributed by atoms with Gasteiger partial charge in [0.2, 0.25) is 11.8 Å². The van der Waals surface area contributed by atoms with E-state index in [1.54, 1.807) is 12.1 Å². The molecule has 1 aliphatic rings. The highest BCUT2D eigenvalue weighted by molar-refractivity contribution is 6.03. The van der Waals surface area contributed by atoms with Crippen molar-refractivity contribution in [3.63, 3.8) is 0 Å². The maximum atomic E-state index is 12.4. The lowest BCUT2D eigenvalue weighted by molar-refractivity contribution is -0.197. The molecule has 3 heterocycles. The molecule has 3 amide bonds. The van der Waals surface area contributed by atoms with Crippen LogP contribution in [0.4, 0.5) is 11.6 Å². The van der Waals surface area contributed by atoms with E-state index in [0.717, 1.165) is 6.21 Å². The highest BCUT2D eigenvalue weighted by Gasteiger charge is 2.33. The molecule has 16 heteroatoms. The summed E-state index contributed by atoms with van der Waals surface area (Å²) in [5.41, 5.74) is 7.00. The second kappa shape index (κ2) is 11.9. The summed E-state index contributed by atoms with van der Waals surface area (Å²) in [4.78, 5) is 83.2. The van der Waals surface area contributed by atoms with Crippen LogP contribution in [0.3, 0.4) is 0 Å². The number of amides is 3. The molecule has 16 nitrogen and oxygen atoms in total. The van der Waals surface area contributed by atoms with Gasteiger partial charge in [-0.05, 0) is 30.7 Å². The molecule has 1 aromatic carbocycles. The Morgan fingerprint density at radius 3 is 2.50 bits per heavy atom.